The van der Waals surface area contributed by atoms with Crippen LogP contribution in [0.25, 0.3) is 10.4 Å². The van der Waals surface area contributed by atoms with Gasteiger partial charge in [0.25, 0.3) is 5.91 Å². The Kier molecular flexibility index (Phi) is 6.17. The Labute approximate surface area is 171 Å². The third-order valence-corrected chi connectivity index (χ3v) is 6.88. The predicted molar refractivity (Wildman–Crippen MR) is 111 cm³/mol. The highest BCUT2D eigenvalue weighted by Gasteiger charge is 2.24. The normalized spacial score (nSPS) is 16.0. The summed E-state index contributed by atoms with van der Waals surface area (Å²) in [4.78, 5) is 17.9. The number of benzene rings is 1. The SMILES string of the molecule is O=C(NC[C@H](c1cccs1)N1CCOCC1)c1ccc(-c2ccc(F)cc2)s1. The van der Waals surface area contributed by atoms with Crippen LogP contribution < -0.4 is 5.32 Å². The van der Waals surface area contributed by atoms with Crippen molar-refractivity contribution >= 4 is 28.6 Å². The predicted octanol–water partition coefficient (Wildman–Crippen LogP) is 4.42. The zero-order chi connectivity index (χ0) is 19.3. The van der Waals surface area contributed by atoms with E-state index in [1.165, 1.54) is 28.3 Å². The number of carbonyl (C=O) groups is 1. The third kappa shape index (κ3) is 4.50. The van der Waals surface area contributed by atoms with Gasteiger partial charge in [-0.25, -0.2) is 4.39 Å². The lowest BCUT2D eigenvalue weighted by Crippen LogP contribution is -2.43. The zero-order valence-electron chi connectivity index (χ0n) is 15.3. The molecule has 1 aliphatic heterocycles. The molecule has 2 aromatic heterocycles. The molecule has 0 saturated carbocycles. The Balaban J connectivity index is 1.43. The van der Waals surface area contributed by atoms with Crippen LogP contribution in [0.4, 0.5) is 4.39 Å². The molecule has 146 valence electrons. The summed E-state index contributed by atoms with van der Waals surface area (Å²) >= 11 is 3.13. The number of carbonyl (C=O) groups excluding carboxylic acids is 1. The second-order valence-electron chi connectivity index (χ2n) is 6.56. The number of hydrogen-bond donors (Lipinski definition) is 1. The molecule has 0 unspecified atom stereocenters. The van der Waals surface area contributed by atoms with Gasteiger partial charge < -0.3 is 10.1 Å². The van der Waals surface area contributed by atoms with Crippen molar-refractivity contribution in [1.29, 1.82) is 0 Å². The average molecular weight is 417 g/mol. The van der Waals surface area contributed by atoms with Crippen LogP contribution >= 0.6 is 22.7 Å². The fraction of sp³-hybridized carbons (Fsp3) is 0.286. The smallest absolute Gasteiger partial charge is 0.261 e. The van der Waals surface area contributed by atoms with Gasteiger partial charge in [-0.15, -0.1) is 22.7 Å². The number of rotatable bonds is 6. The Bertz CT molecular complexity index is 903. The highest BCUT2D eigenvalue weighted by atomic mass is 32.1. The number of amides is 1. The van der Waals surface area contributed by atoms with Crippen LogP contribution in [0.15, 0.2) is 53.9 Å². The monoisotopic (exact) mass is 416 g/mol. The van der Waals surface area contributed by atoms with Crippen LogP contribution in [-0.4, -0.2) is 43.7 Å². The minimum absolute atomic E-state index is 0.0758. The second-order valence-corrected chi connectivity index (χ2v) is 8.62. The fourth-order valence-electron chi connectivity index (χ4n) is 3.29. The minimum atomic E-state index is -0.263. The summed E-state index contributed by atoms with van der Waals surface area (Å²) < 4.78 is 18.6. The number of ether oxygens (including phenoxy) is 1. The fourth-order valence-corrected chi connectivity index (χ4v) is 5.07. The summed E-state index contributed by atoms with van der Waals surface area (Å²) in [5.74, 6) is -0.339. The van der Waals surface area contributed by atoms with Gasteiger partial charge in [0.15, 0.2) is 0 Å². The van der Waals surface area contributed by atoms with Crippen LogP contribution in [0.2, 0.25) is 0 Å². The first-order chi connectivity index (χ1) is 13.7. The molecule has 28 heavy (non-hydrogen) atoms. The van der Waals surface area contributed by atoms with E-state index in [1.807, 2.05) is 18.2 Å². The maximum Gasteiger partial charge on any atom is 0.261 e. The first-order valence-corrected chi connectivity index (χ1v) is 10.9. The molecule has 0 bridgehead atoms. The highest BCUT2D eigenvalue weighted by molar-refractivity contribution is 7.17. The average Bonchev–Trinajstić information content (AvgIpc) is 3.42. The summed E-state index contributed by atoms with van der Waals surface area (Å²) in [6.07, 6.45) is 0. The zero-order valence-corrected chi connectivity index (χ0v) is 16.9. The summed E-state index contributed by atoms with van der Waals surface area (Å²) in [5, 5.41) is 5.16. The number of hydrogen-bond acceptors (Lipinski definition) is 5. The number of halogens is 1. The van der Waals surface area contributed by atoms with E-state index >= 15 is 0 Å². The maximum absolute atomic E-state index is 13.1. The molecule has 1 atom stereocenters. The van der Waals surface area contributed by atoms with Crippen LogP contribution in [0.3, 0.4) is 0 Å². The lowest BCUT2D eigenvalue weighted by Gasteiger charge is -2.34. The van der Waals surface area contributed by atoms with E-state index in [2.05, 4.69) is 21.7 Å². The van der Waals surface area contributed by atoms with Crippen molar-refractivity contribution in [3.8, 4) is 10.4 Å². The van der Waals surface area contributed by atoms with Crippen molar-refractivity contribution < 1.29 is 13.9 Å². The lowest BCUT2D eigenvalue weighted by atomic mass is 10.2. The molecule has 3 heterocycles. The standard InChI is InChI=1S/C21H21FN2O2S2/c22-16-5-3-15(4-6-16)18-7-8-20(28-18)21(25)23-14-17(19-2-1-13-27-19)24-9-11-26-12-10-24/h1-8,13,17H,9-12,14H2,(H,23,25)/t17-/m1/s1. The quantitative estimate of drug-likeness (QED) is 0.647. The van der Waals surface area contributed by atoms with Gasteiger partial charge in [-0.3, -0.25) is 9.69 Å². The van der Waals surface area contributed by atoms with Crippen LogP contribution in [0, 0.1) is 5.82 Å². The summed E-state index contributed by atoms with van der Waals surface area (Å²) in [7, 11) is 0. The van der Waals surface area contributed by atoms with Crippen molar-refractivity contribution in [2.45, 2.75) is 6.04 Å². The van der Waals surface area contributed by atoms with Gasteiger partial charge in [-0.1, -0.05) is 18.2 Å². The molecular weight excluding hydrogens is 395 g/mol. The second kappa shape index (κ2) is 8.96. The van der Waals surface area contributed by atoms with Crippen molar-refractivity contribution in [1.82, 2.24) is 10.2 Å². The number of nitrogens with one attached hydrogen (secondary N) is 1. The summed E-state index contributed by atoms with van der Waals surface area (Å²) in [6.45, 7) is 3.74. The maximum atomic E-state index is 13.1. The van der Waals surface area contributed by atoms with Gasteiger partial charge in [-0.2, -0.15) is 0 Å². The van der Waals surface area contributed by atoms with Gasteiger partial charge >= 0.3 is 0 Å². The number of nitrogens with zero attached hydrogens (tertiary/aromatic N) is 1. The largest absolute Gasteiger partial charge is 0.379 e. The van der Waals surface area contributed by atoms with Crippen LogP contribution in [0.1, 0.15) is 20.6 Å². The lowest BCUT2D eigenvalue weighted by molar-refractivity contribution is 0.0169. The molecule has 0 aliphatic carbocycles. The van der Waals surface area contributed by atoms with E-state index in [1.54, 1.807) is 23.5 Å². The molecule has 1 amide bonds. The van der Waals surface area contributed by atoms with Gasteiger partial charge in [0.2, 0.25) is 0 Å². The molecule has 1 fully saturated rings. The van der Waals surface area contributed by atoms with Gasteiger partial charge in [-0.05, 0) is 41.3 Å². The Morgan fingerprint density at radius 2 is 1.93 bits per heavy atom. The summed E-state index contributed by atoms with van der Waals surface area (Å²) in [5.41, 5.74) is 0.912. The molecule has 1 N–H and O–H groups in total. The van der Waals surface area contributed by atoms with E-state index in [-0.39, 0.29) is 17.8 Å². The van der Waals surface area contributed by atoms with Gasteiger partial charge in [0.05, 0.1) is 24.1 Å². The molecule has 0 spiro atoms. The first-order valence-electron chi connectivity index (χ1n) is 9.20. The van der Waals surface area contributed by atoms with Gasteiger partial charge in [0, 0.05) is 29.4 Å². The molecular formula is C21H21FN2O2S2. The van der Waals surface area contributed by atoms with E-state index < -0.39 is 0 Å². The van der Waals surface area contributed by atoms with E-state index in [0.717, 1.165) is 36.7 Å². The third-order valence-electron chi connectivity index (χ3n) is 4.77. The molecule has 1 aliphatic rings. The molecule has 4 nitrogen and oxygen atoms in total. The Morgan fingerprint density at radius 1 is 1.14 bits per heavy atom. The molecule has 1 aromatic carbocycles. The minimum Gasteiger partial charge on any atom is -0.379 e. The first kappa shape index (κ1) is 19.3. The van der Waals surface area contributed by atoms with E-state index in [9.17, 15) is 9.18 Å². The van der Waals surface area contributed by atoms with Crippen LogP contribution in [0.5, 0.6) is 0 Å². The van der Waals surface area contributed by atoms with Crippen LogP contribution in [-0.2, 0) is 4.74 Å². The Morgan fingerprint density at radius 3 is 2.64 bits per heavy atom. The Hall–Kier alpha value is -2.06. The number of morpholine rings is 1. The number of thiophene rings is 2. The molecule has 7 heteroatoms. The molecule has 3 aromatic rings. The van der Waals surface area contributed by atoms with Gasteiger partial charge in [0.1, 0.15) is 5.82 Å². The van der Waals surface area contributed by atoms with Crippen molar-refractivity contribution in [3.63, 3.8) is 0 Å². The van der Waals surface area contributed by atoms with Crippen molar-refractivity contribution in [2.24, 2.45) is 0 Å². The van der Waals surface area contributed by atoms with Crippen molar-refractivity contribution in [2.75, 3.05) is 32.8 Å². The van der Waals surface area contributed by atoms with E-state index in [4.69, 9.17) is 4.74 Å². The summed E-state index contributed by atoms with van der Waals surface area (Å²) in [6, 6.07) is 14.4. The topological polar surface area (TPSA) is 41.6 Å². The molecule has 4 rings (SSSR count). The molecule has 1 saturated heterocycles. The highest BCUT2D eigenvalue weighted by Crippen LogP contribution is 2.29. The van der Waals surface area contributed by atoms with Crippen molar-refractivity contribution in [3.05, 3.63) is 69.5 Å². The molecule has 0 radical (unpaired) electrons. The van der Waals surface area contributed by atoms with E-state index in [0.29, 0.717) is 11.4 Å².